The predicted octanol–water partition coefficient (Wildman–Crippen LogP) is 2.93. The zero-order valence-electron chi connectivity index (χ0n) is 12.0. The first-order valence-corrected chi connectivity index (χ1v) is 6.08. The fourth-order valence-corrected chi connectivity index (χ4v) is 1.55. The van der Waals surface area contributed by atoms with Crippen LogP contribution in [0.4, 0.5) is 0 Å². The Morgan fingerprint density at radius 1 is 1.06 bits per heavy atom. The van der Waals surface area contributed by atoms with Crippen molar-refractivity contribution in [3.8, 4) is 0 Å². The highest BCUT2D eigenvalue weighted by molar-refractivity contribution is 4.72. The van der Waals surface area contributed by atoms with Gasteiger partial charge >= 0.3 is 0 Å². The van der Waals surface area contributed by atoms with E-state index in [1.54, 1.807) is 0 Å². The molecule has 16 heavy (non-hydrogen) atoms. The lowest BCUT2D eigenvalue weighted by molar-refractivity contribution is -0.118. The van der Waals surface area contributed by atoms with Crippen molar-refractivity contribution in [2.24, 2.45) is 11.1 Å². The molecule has 0 aliphatic rings. The van der Waals surface area contributed by atoms with Crippen LogP contribution in [0.1, 0.15) is 54.9 Å². The zero-order chi connectivity index (χ0) is 13.0. The molecule has 0 aromatic carbocycles. The Hall–Kier alpha value is -0.120. The van der Waals surface area contributed by atoms with Crippen LogP contribution in [-0.4, -0.2) is 24.5 Å². The molecule has 3 heteroatoms. The maximum absolute atomic E-state index is 5.88. The van der Waals surface area contributed by atoms with Crippen LogP contribution >= 0.6 is 0 Å². The van der Waals surface area contributed by atoms with E-state index in [-0.39, 0.29) is 17.6 Å². The quantitative estimate of drug-likeness (QED) is 0.715. The van der Waals surface area contributed by atoms with Crippen molar-refractivity contribution in [3.63, 3.8) is 0 Å². The van der Waals surface area contributed by atoms with E-state index in [2.05, 4.69) is 20.8 Å². The van der Waals surface area contributed by atoms with Gasteiger partial charge in [-0.05, 0) is 39.5 Å². The second kappa shape index (κ2) is 5.99. The van der Waals surface area contributed by atoms with Crippen molar-refractivity contribution < 1.29 is 9.47 Å². The van der Waals surface area contributed by atoms with E-state index in [0.717, 1.165) is 6.42 Å². The summed E-state index contributed by atoms with van der Waals surface area (Å²) in [5, 5.41) is 0. The second-order valence-electron chi connectivity index (χ2n) is 6.49. The van der Waals surface area contributed by atoms with Gasteiger partial charge in [0.2, 0.25) is 0 Å². The van der Waals surface area contributed by atoms with Gasteiger partial charge in [-0.25, -0.2) is 0 Å². The molecule has 0 aliphatic carbocycles. The summed E-state index contributed by atoms with van der Waals surface area (Å²) >= 11 is 0. The van der Waals surface area contributed by atoms with Gasteiger partial charge in [0.05, 0.1) is 18.8 Å². The minimum Gasteiger partial charge on any atom is -0.376 e. The molecule has 0 spiro atoms. The lowest BCUT2D eigenvalue weighted by Gasteiger charge is -2.32. The highest BCUT2D eigenvalue weighted by Gasteiger charge is 2.24. The van der Waals surface area contributed by atoms with Gasteiger partial charge < -0.3 is 15.2 Å². The first-order valence-electron chi connectivity index (χ1n) is 6.08. The Morgan fingerprint density at radius 2 is 1.56 bits per heavy atom. The third-order valence-corrected chi connectivity index (χ3v) is 1.93. The van der Waals surface area contributed by atoms with Crippen molar-refractivity contribution in [1.29, 1.82) is 0 Å². The average Bonchev–Trinajstić information content (AvgIpc) is 1.93. The fourth-order valence-electron chi connectivity index (χ4n) is 1.55. The molecular formula is C13H29NO2. The standard InChI is InChI=1S/C13H29NO2/c1-10(2)15-9-11(8-12(3,4)5)16-13(6,7)14/h10-11H,8-9,14H2,1-7H3. The summed E-state index contributed by atoms with van der Waals surface area (Å²) in [6.45, 7) is 15.0. The molecule has 0 rings (SSSR count). The average molecular weight is 231 g/mol. The van der Waals surface area contributed by atoms with Crippen molar-refractivity contribution in [3.05, 3.63) is 0 Å². The van der Waals surface area contributed by atoms with E-state index in [9.17, 15) is 0 Å². The van der Waals surface area contributed by atoms with Gasteiger partial charge in [0.25, 0.3) is 0 Å². The van der Waals surface area contributed by atoms with Crippen LogP contribution < -0.4 is 5.73 Å². The summed E-state index contributed by atoms with van der Waals surface area (Å²) in [7, 11) is 0. The van der Waals surface area contributed by atoms with Gasteiger partial charge in [0.15, 0.2) is 0 Å². The second-order valence-corrected chi connectivity index (χ2v) is 6.49. The molecule has 0 saturated heterocycles. The third-order valence-electron chi connectivity index (χ3n) is 1.93. The smallest absolute Gasteiger partial charge is 0.111 e. The summed E-state index contributed by atoms with van der Waals surface area (Å²) in [4.78, 5) is 0. The fraction of sp³-hybridized carbons (Fsp3) is 1.00. The minimum absolute atomic E-state index is 0.0578. The van der Waals surface area contributed by atoms with E-state index in [0.29, 0.717) is 6.61 Å². The van der Waals surface area contributed by atoms with Crippen LogP contribution in [0, 0.1) is 5.41 Å². The number of hydrogen-bond acceptors (Lipinski definition) is 3. The molecule has 2 N–H and O–H groups in total. The number of hydrogen-bond donors (Lipinski definition) is 1. The molecule has 3 nitrogen and oxygen atoms in total. The van der Waals surface area contributed by atoms with Gasteiger partial charge in [-0.2, -0.15) is 0 Å². The van der Waals surface area contributed by atoms with Crippen molar-refractivity contribution in [2.45, 2.75) is 72.8 Å². The lowest BCUT2D eigenvalue weighted by Crippen LogP contribution is -2.42. The normalized spacial score (nSPS) is 15.6. The lowest BCUT2D eigenvalue weighted by atomic mass is 9.89. The SMILES string of the molecule is CC(C)OCC(CC(C)(C)C)OC(C)(C)N. The van der Waals surface area contributed by atoms with E-state index >= 15 is 0 Å². The molecular weight excluding hydrogens is 202 g/mol. The number of rotatable bonds is 6. The van der Waals surface area contributed by atoms with E-state index in [1.807, 2.05) is 27.7 Å². The van der Waals surface area contributed by atoms with Crippen LogP contribution in [0.15, 0.2) is 0 Å². The molecule has 0 fully saturated rings. The van der Waals surface area contributed by atoms with Gasteiger partial charge in [-0.15, -0.1) is 0 Å². The van der Waals surface area contributed by atoms with Crippen molar-refractivity contribution in [2.75, 3.05) is 6.61 Å². The van der Waals surface area contributed by atoms with E-state index < -0.39 is 5.72 Å². The van der Waals surface area contributed by atoms with Crippen LogP contribution in [0.3, 0.4) is 0 Å². The first kappa shape index (κ1) is 15.9. The highest BCUT2D eigenvalue weighted by atomic mass is 16.6. The van der Waals surface area contributed by atoms with Crippen LogP contribution in [0.5, 0.6) is 0 Å². The molecule has 0 radical (unpaired) electrons. The Labute approximate surface area is 101 Å². The van der Waals surface area contributed by atoms with Crippen LogP contribution in [0.2, 0.25) is 0 Å². The summed E-state index contributed by atoms with van der Waals surface area (Å²) in [5.74, 6) is 0. The summed E-state index contributed by atoms with van der Waals surface area (Å²) in [6, 6.07) is 0. The number of ether oxygens (including phenoxy) is 2. The van der Waals surface area contributed by atoms with Gasteiger partial charge in [0.1, 0.15) is 5.72 Å². The Morgan fingerprint density at radius 3 is 1.88 bits per heavy atom. The molecule has 0 aromatic heterocycles. The summed E-state index contributed by atoms with van der Waals surface area (Å²) in [6.07, 6.45) is 1.23. The first-order chi connectivity index (χ1) is 6.99. The molecule has 1 unspecified atom stereocenters. The van der Waals surface area contributed by atoms with Gasteiger partial charge in [-0.1, -0.05) is 20.8 Å². The predicted molar refractivity (Wildman–Crippen MR) is 68.3 cm³/mol. The summed E-state index contributed by atoms with van der Waals surface area (Å²) in [5.41, 5.74) is 5.50. The number of nitrogens with two attached hydrogens (primary N) is 1. The summed E-state index contributed by atoms with van der Waals surface area (Å²) < 4.78 is 11.4. The van der Waals surface area contributed by atoms with Gasteiger partial charge in [0, 0.05) is 0 Å². The van der Waals surface area contributed by atoms with E-state index in [4.69, 9.17) is 15.2 Å². The monoisotopic (exact) mass is 231 g/mol. The van der Waals surface area contributed by atoms with E-state index in [1.165, 1.54) is 0 Å². The zero-order valence-corrected chi connectivity index (χ0v) is 12.0. The third kappa shape index (κ3) is 10.4. The van der Waals surface area contributed by atoms with Crippen molar-refractivity contribution in [1.82, 2.24) is 0 Å². The molecule has 0 aliphatic heterocycles. The van der Waals surface area contributed by atoms with Gasteiger partial charge in [-0.3, -0.25) is 0 Å². The molecule has 0 bridgehead atoms. The Bertz CT molecular complexity index is 173. The van der Waals surface area contributed by atoms with Crippen LogP contribution in [-0.2, 0) is 9.47 Å². The Kier molecular flexibility index (Phi) is 5.94. The molecule has 0 amide bonds. The maximum Gasteiger partial charge on any atom is 0.111 e. The Balaban J connectivity index is 4.28. The molecule has 0 aromatic rings. The van der Waals surface area contributed by atoms with Crippen molar-refractivity contribution >= 4 is 0 Å². The largest absolute Gasteiger partial charge is 0.376 e. The topological polar surface area (TPSA) is 44.5 Å². The molecule has 1 atom stereocenters. The minimum atomic E-state index is -0.601. The molecule has 0 heterocycles. The molecule has 0 saturated carbocycles. The van der Waals surface area contributed by atoms with Crippen LogP contribution in [0.25, 0.3) is 0 Å². The maximum atomic E-state index is 5.88. The molecule has 98 valence electrons. The highest BCUT2D eigenvalue weighted by Crippen LogP contribution is 2.24.